The van der Waals surface area contributed by atoms with Crippen molar-refractivity contribution < 1.29 is 0 Å². The third-order valence-electron chi connectivity index (χ3n) is 3.84. The molecule has 1 aliphatic heterocycles. The molecule has 1 saturated heterocycles. The van der Waals surface area contributed by atoms with Crippen molar-refractivity contribution in [3.63, 3.8) is 0 Å². The molecule has 1 fully saturated rings. The summed E-state index contributed by atoms with van der Waals surface area (Å²) >= 11 is 0. The Morgan fingerprint density at radius 1 is 1.39 bits per heavy atom. The second-order valence-corrected chi connectivity index (χ2v) is 4.99. The van der Waals surface area contributed by atoms with Crippen molar-refractivity contribution in [3.05, 3.63) is 23.8 Å². The van der Waals surface area contributed by atoms with Crippen LogP contribution in [0.2, 0.25) is 0 Å². The maximum absolute atomic E-state index is 8.92. The first kappa shape index (κ1) is 12.8. The van der Waals surface area contributed by atoms with Crippen LogP contribution in [0.1, 0.15) is 44.6 Å². The molecule has 0 spiro atoms. The number of benzene rings is 1. The summed E-state index contributed by atoms with van der Waals surface area (Å²) < 4.78 is 0. The maximum atomic E-state index is 8.92. The van der Waals surface area contributed by atoms with Gasteiger partial charge in [0.2, 0.25) is 0 Å². The monoisotopic (exact) mass is 243 g/mol. The summed E-state index contributed by atoms with van der Waals surface area (Å²) in [5.41, 5.74) is 8.24. The molecule has 0 radical (unpaired) electrons. The summed E-state index contributed by atoms with van der Waals surface area (Å²) in [6.07, 6.45) is 6.31. The number of rotatable bonds is 2. The van der Waals surface area contributed by atoms with Crippen LogP contribution in [0.3, 0.4) is 0 Å². The van der Waals surface area contributed by atoms with E-state index in [1.165, 1.54) is 37.8 Å². The van der Waals surface area contributed by atoms with Crippen LogP contribution < -0.4 is 10.6 Å². The molecule has 18 heavy (non-hydrogen) atoms. The summed E-state index contributed by atoms with van der Waals surface area (Å²) in [4.78, 5) is 2.46. The molecule has 1 aromatic carbocycles. The lowest BCUT2D eigenvalue weighted by Gasteiger charge is -2.31. The van der Waals surface area contributed by atoms with Gasteiger partial charge in [-0.25, -0.2) is 0 Å². The zero-order chi connectivity index (χ0) is 13.0. The van der Waals surface area contributed by atoms with Gasteiger partial charge in [-0.1, -0.05) is 19.8 Å². The first-order valence-electron chi connectivity index (χ1n) is 6.82. The van der Waals surface area contributed by atoms with E-state index in [1.54, 1.807) is 0 Å². The summed E-state index contributed by atoms with van der Waals surface area (Å²) in [5.74, 6) is 0. The quantitative estimate of drug-likeness (QED) is 0.811. The molecule has 3 heteroatoms. The fraction of sp³-hybridized carbons (Fsp3) is 0.533. The molecule has 1 unspecified atom stereocenters. The van der Waals surface area contributed by atoms with Crippen molar-refractivity contribution in [3.8, 4) is 6.07 Å². The van der Waals surface area contributed by atoms with E-state index in [1.807, 2.05) is 18.2 Å². The number of anilines is 2. The number of hydrogen-bond acceptors (Lipinski definition) is 3. The molecule has 1 heterocycles. The van der Waals surface area contributed by atoms with Crippen molar-refractivity contribution in [1.29, 1.82) is 5.26 Å². The lowest BCUT2D eigenvalue weighted by molar-refractivity contribution is 0.556. The summed E-state index contributed by atoms with van der Waals surface area (Å²) in [5, 5.41) is 8.92. The smallest absolute Gasteiger partial charge is 0.101 e. The van der Waals surface area contributed by atoms with Gasteiger partial charge in [0.25, 0.3) is 0 Å². The fourth-order valence-corrected chi connectivity index (χ4v) is 2.77. The molecular formula is C15H21N3. The van der Waals surface area contributed by atoms with Gasteiger partial charge in [-0.05, 0) is 37.5 Å². The topological polar surface area (TPSA) is 53.0 Å². The molecule has 2 rings (SSSR count). The van der Waals surface area contributed by atoms with Crippen molar-refractivity contribution in [2.75, 3.05) is 17.2 Å². The van der Waals surface area contributed by atoms with Gasteiger partial charge in [-0.3, -0.25) is 0 Å². The Bertz CT molecular complexity index is 448. The highest BCUT2D eigenvalue weighted by Crippen LogP contribution is 2.28. The van der Waals surface area contributed by atoms with E-state index in [2.05, 4.69) is 17.9 Å². The van der Waals surface area contributed by atoms with Crippen LogP contribution >= 0.6 is 0 Å². The van der Waals surface area contributed by atoms with E-state index >= 15 is 0 Å². The van der Waals surface area contributed by atoms with Crippen LogP contribution in [0.15, 0.2) is 18.2 Å². The highest BCUT2D eigenvalue weighted by molar-refractivity contribution is 5.64. The minimum Gasteiger partial charge on any atom is -0.398 e. The summed E-state index contributed by atoms with van der Waals surface area (Å²) in [7, 11) is 0. The Morgan fingerprint density at radius 2 is 2.22 bits per heavy atom. The molecule has 0 aromatic heterocycles. The number of nitrogens with zero attached hydrogens (tertiary/aromatic N) is 2. The van der Waals surface area contributed by atoms with E-state index in [-0.39, 0.29) is 0 Å². The number of hydrogen-bond donors (Lipinski definition) is 1. The lowest BCUT2D eigenvalue weighted by atomic mass is 10.1. The molecule has 1 aliphatic rings. The van der Waals surface area contributed by atoms with E-state index in [0.717, 1.165) is 6.54 Å². The minimum atomic E-state index is 0.571. The van der Waals surface area contributed by atoms with Gasteiger partial charge in [0, 0.05) is 18.3 Å². The number of nitrogen functional groups attached to an aromatic ring is 1. The first-order chi connectivity index (χ1) is 8.76. The third-order valence-corrected chi connectivity index (χ3v) is 3.84. The molecule has 1 aromatic rings. The Balaban J connectivity index is 2.28. The Morgan fingerprint density at radius 3 is 2.89 bits per heavy atom. The molecule has 0 bridgehead atoms. The van der Waals surface area contributed by atoms with Gasteiger partial charge in [0.1, 0.15) is 6.07 Å². The molecule has 96 valence electrons. The predicted octanol–water partition coefficient (Wildman–Crippen LogP) is 3.30. The van der Waals surface area contributed by atoms with Crippen molar-refractivity contribution in [1.82, 2.24) is 0 Å². The van der Waals surface area contributed by atoms with E-state index in [9.17, 15) is 0 Å². The normalized spacial score (nSPS) is 20.2. The lowest BCUT2D eigenvalue weighted by Crippen LogP contribution is -2.34. The number of nitrogens with two attached hydrogens (primary N) is 1. The molecular weight excluding hydrogens is 222 g/mol. The molecule has 0 amide bonds. The van der Waals surface area contributed by atoms with Gasteiger partial charge in [0.15, 0.2) is 0 Å². The fourth-order valence-electron chi connectivity index (χ4n) is 2.77. The second-order valence-electron chi connectivity index (χ2n) is 4.99. The zero-order valence-electron chi connectivity index (χ0n) is 11.0. The van der Waals surface area contributed by atoms with Gasteiger partial charge in [-0.2, -0.15) is 5.26 Å². The van der Waals surface area contributed by atoms with Crippen LogP contribution in [-0.2, 0) is 0 Å². The Kier molecular flexibility index (Phi) is 4.09. The standard InChI is InChI=1S/C15H21N3/c1-2-13-6-4-3-5-9-18(13)14-8-7-12(11-16)15(17)10-14/h7-8,10,13H,2-6,9,17H2,1H3. The molecule has 0 aliphatic carbocycles. The molecule has 2 N–H and O–H groups in total. The average molecular weight is 243 g/mol. The molecule has 3 nitrogen and oxygen atoms in total. The van der Waals surface area contributed by atoms with Gasteiger partial charge >= 0.3 is 0 Å². The SMILES string of the molecule is CCC1CCCCCN1c1ccc(C#N)c(N)c1. The van der Waals surface area contributed by atoms with Crippen molar-refractivity contribution >= 4 is 11.4 Å². The number of nitriles is 1. The minimum absolute atomic E-state index is 0.571. The Labute approximate surface area is 109 Å². The van der Waals surface area contributed by atoms with Gasteiger partial charge in [-0.15, -0.1) is 0 Å². The van der Waals surface area contributed by atoms with Crippen LogP contribution in [0.25, 0.3) is 0 Å². The van der Waals surface area contributed by atoms with Gasteiger partial charge in [0.05, 0.1) is 11.3 Å². The zero-order valence-corrected chi connectivity index (χ0v) is 11.0. The third kappa shape index (κ3) is 2.59. The summed E-state index contributed by atoms with van der Waals surface area (Å²) in [6, 6.07) is 8.55. The molecule has 0 saturated carbocycles. The largest absolute Gasteiger partial charge is 0.398 e. The van der Waals surface area contributed by atoms with E-state index < -0.39 is 0 Å². The summed E-state index contributed by atoms with van der Waals surface area (Å²) in [6.45, 7) is 3.35. The van der Waals surface area contributed by atoms with E-state index in [4.69, 9.17) is 11.0 Å². The van der Waals surface area contributed by atoms with Crippen molar-refractivity contribution in [2.45, 2.75) is 45.1 Å². The average Bonchev–Trinajstić information content (AvgIpc) is 2.63. The van der Waals surface area contributed by atoms with E-state index in [0.29, 0.717) is 17.3 Å². The van der Waals surface area contributed by atoms with Crippen molar-refractivity contribution in [2.24, 2.45) is 0 Å². The van der Waals surface area contributed by atoms with Crippen LogP contribution in [-0.4, -0.2) is 12.6 Å². The predicted molar refractivity (Wildman–Crippen MR) is 75.5 cm³/mol. The maximum Gasteiger partial charge on any atom is 0.101 e. The van der Waals surface area contributed by atoms with Gasteiger partial charge < -0.3 is 10.6 Å². The Hall–Kier alpha value is -1.69. The first-order valence-corrected chi connectivity index (χ1v) is 6.82. The highest BCUT2D eigenvalue weighted by atomic mass is 15.2. The molecule has 1 atom stereocenters. The highest BCUT2D eigenvalue weighted by Gasteiger charge is 2.20. The second kappa shape index (κ2) is 5.77. The van der Waals surface area contributed by atoms with Crippen LogP contribution in [0.4, 0.5) is 11.4 Å². The van der Waals surface area contributed by atoms with Crippen LogP contribution in [0.5, 0.6) is 0 Å². The van der Waals surface area contributed by atoms with Crippen LogP contribution in [0, 0.1) is 11.3 Å².